The van der Waals surface area contributed by atoms with Gasteiger partial charge >= 0.3 is 0 Å². The van der Waals surface area contributed by atoms with Crippen LogP contribution in [-0.2, 0) is 4.79 Å². The summed E-state index contributed by atoms with van der Waals surface area (Å²) in [5, 5.41) is 5.13. The Kier molecular flexibility index (Phi) is 2.83. The Bertz CT molecular complexity index is 922. The monoisotopic (exact) mass is 288 g/mol. The van der Waals surface area contributed by atoms with Gasteiger partial charge in [-0.15, -0.1) is 0 Å². The molecule has 22 heavy (non-hydrogen) atoms. The van der Waals surface area contributed by atoms with Crippen molar-refractivity contribution in [2.75, 3.05) is 0 Å². The maximum atomic E-state index is 12.1. The van der Waals surface area contributed by atoms with Crippen LogP contribution in [0.15, 0.2) is 65.5 Å². The Balaban J connectivity index is 1.83. The Morgan fingerprint density at radius 3 is 2.77 bits per heavy atom. The standard InChI is InChI=1S/C17H12N4O/c22-17-14(15(20-21-17)11-5-2-1-3-6-11)9-12-10-19-16-13(12)7-4-8-18-16/h1-10H,(H,18,19)(H,21,22)/b14-9-. The molecule has 2 N–H and O–H groups in total. The summed E-state index contributed by atoms with van der Waals surface area (Å²) in [4.78, 5) is 19.5. The molecule has 1 amide bonds. The van der Waals surface area contributed by atoms with Gasteiger partial charge in [0.25, 0.3) is 5.91 Å². The number of aromatic nitrogens is 2. The fourth-order valence-electron chi connectivity index (χ4n) is 2.54. The van der Waals surface area contributed by atoms with E-state index in [1.54, 1.807) is 6.20 Å². The number of hydrogen-bond acceptors (Lipinski definition) is 3. The summed E-state index contributed by atoms with van der Waals surface area (Å²) in [6.45, 7) is 0. The van der Waals surface area contributed by atoms with Gasteiger partial charge in [0.1, 0.15) is 11.4 Å². The molecule has 0 saturated heterocycles. The number of hydrogen-bond donors (Lipinski definition) is 2. The number of nitrogens with zero attached hydrogens (tertiary/aromatic N) is 2. The lowest BCUT2D eigenvalue weighted by Crippen LogP contribution is -2.13. The van der Waals surface area contributed by atoms with Crippen LogP contribution in [-0.4, -0.2) is 21.6 Å². The number of benzene rings is 1. The van der Waals surface area contributed by atoms with E-state index < -0.39 is 0 Å². The molecular weight excluding hydrogens is 276 g/mol. The number of aromatic amines is 1. The minimum atomic E-state index is -0.197. The number of H-pyrrole nitrogens is 1. The van der Waals surface area contributed by atoms with Gasteiger partial charge in [-0.2, -0.15) is 5.10 Å². The largest absolute Gasteiger partial charge is 0.346 e. The Morgan fingerprint density at radius 2 is 1.91 bits per heavy atom. The smallest absolute Gasteiger partial charge is 0.273 e. The average Bonchev–Trinajstić information content (AvgIpc) is 3.14. The van der Waals surface area contributed by atoms with Gasteiger partial charge in [-0.3, -0.25) is 4.79 Å². The molecule has 1 aliphatic heterocycles. The van der Waals surface area contributed by atoms with E-state index in [1.165, 1.54) is 0 Å². The average molecular weight is 288 g/mol. The van der Waals surface area contributed by atoms with E-state index in [-0.39, 0.29) is 5.91 Å². The summed E-state index contributed by atoms with van der Waals surface area (Å²) in [5.41, 5.74) is 6.36. The van der Waals surface area contributed by atoms with Gasteiger partial charge in [-0.05, 0) is 18.2 Å². The van der Waals surface area contributed by atoms with Gasteiger partial charge in [-0.1, -0.05) is 30.3 Å². The molecule has 0 bridgehead atoms. The predicted molar refractivity (Wildman–Crippen MR) is 85.2 cm³/mol. The van der Waals surface area contributed by atoms with Gasteiger partial charge in [0.05, 0.1) is 5.57 Å². The van der Waals surface area contributed by atoms with Crippen LogP contribution in [0.5, 0.6) is 0 Å². The van der Waals surface area contributed by atoms with E-state index in [4.69, 9.17) is 0 Å². The maximum Gasteiger partial charge on any atom is 0.273 e. The van der Waals surface area contributed by atoms with E-state index in [2.05, 4.69) is 20.5 Å². The van der Waals surface area contributed by atoms with Crippen LogP contribution in [0.3, 0.4) is 0 Å². The minimum absolute atomic E-state index is 0.197. The molecule has 106 valence electrons. The second-order valence-corrected chi connectivity index (χ2v) is 4.97. The first-order valence-corrected chi connectivity index (χ1v) is 6.90. The Labute approximate surface area is 126 Å². The van der Waals surface area contributed by atoms with E-state index >= 15 is 0 Å². The number of pyridine rings is 1. The van der Waals surface area contributed by atoms with Gasteiger partial charge < -0.3 is 4.98 Å². The van der Waals surface area contributed by atoms with Crippen LogP contribution in [0.25, 0.3) is 17.1 Å². The SMILES string of the molecule is O=C1NN=C(c2ccccc2)/C1=C/c1c[nH]c2ncccc12. The highest BCUT2D eigenvalue weighted by atomic mass is 16.2. The molecule has 2 aromatic heterocycles. The zero-order valence-corrected chi connectivity index (χ0v) is 11.6. The van der Waals surface area contributed by atoms with Crippen LogP contribution in [0.1, 0.15) is 11.1 Å². The summed E-state index contributed by atoms with van der Waals surface area (Å²) in [6.07, 6.45) is 5.42. The molecule has 0 spiro atoms. The molecule has 1 aliphatic rings. The summed E-state index contributed by atoms with van der Waals surface area (Å²) in [6, 6.07) is 13.5. The third kappa shape index (κ3) is 2.00. The highest BCUT2D eigenvalue weighted by molar-refractivity contribution is 6.33. The lowest BCUT2D eigenvalue weighted by molar-refractivity contribution is -0.116. The third-order valence-corrected chi connectivity index (χ3v) is 3.60. The van der Waals surface area contributed by atoms with Crippen LogP contribution in [0.2, 0.25) is 0 Å². The predicted octanol–water partition coefficient (Wildman–Crippen LogP) is 2.48. The van der Waals surface area contributed by atoms with Crippen molar-refractivity contribution in [2.45, 2.75) is 0 Å². The molecule has 1 aromatic carbocycles. The molecule has 5 nitrogen and oxygen atoms in total. The molecule has 5 heteroatoms. The van der Waals surface area contributed by atoms with Crippen molar-refractivity contribution in [3.8, 4) is 0 Å². The topological polar surface area (TPSA) is 70.1 Å². The molecule has 0 aliphatic carbocycles. The number of rotatable bonds is 2. The van der Waals surface area contributed by atoms with Crippen molar-refractivity contribution in [1.82, 2.24) is 15.4 Å². The molecule has 0 saturated carbocycles. The fourth-order valence-corrected chi connectivity index (χ4v) is 2.54. The van der Waals surface area contributed by atoms with Crippen LogP contribution >= 0.6 is 0 Å². The minimum Gasteiger partial charge on any atom is -0.346 e. The molecule has 0 radical (unpaired) electrons. The zero-order valence-electron chi connectivity index (χ0n) is 11.6. The first kappa shape index (κ1) is 12.5. The lowest BCUT2D eigenvalue weighted by Gasteiger charge is -2.01. The van der Waals surface area contributed by atoms with Crippen molar-refractivity contribution in [3.63, 3.8) is 0 Å². The second-order valence-electron chi connectivity index (χ2n) is 4.97. The fraction of sp³-hybridized carbons (Fsp3) is 0. The normalized spacial score (nSPS) is 16.1. The zero-order chi connectivity index (χ0) is 14.9. The maximum absolute atomic E-state index is 12.1. The van der Waals surface area contributed by atoms with Crippen LogP contribution in [0.4, 0.5) is 0 Å². The summed E-state index contributed by atoms with van der Waals surface area (Å²) < 4.78 is 0. The van der Waals surface area contributed by atoms with Gasteiger partial charge in [0.2, 0.25) is 0 Å². The van der Waals surface area contributed by atoms with E-state index in [0.29, 0.717) is 11.3 Å². The quantitative estimate of drug-likeness (QED) is 0.711. The van der Waals surface area contributed by atoms with Crippen molar-refractivity contribution in [1.29, 1.82) is 0 Å². The molecule has 3 aromatic rings. The Morgan fingerprint density at radius 1 is 1.05 bits per heavy atom. The molecule has 0 fully saturated rings. The molecule has 0 unspecified atom stereocenters. The van der Waals surface area contributed by atoms with Crippen molar-refractivity contribution in [3.05, 3.63) is 71.6 Å². The third-order valence-electron chi connectivity index (χ3n) is 3.60. The number of nitrogens with one attached hydrogen (secondary N) is 2. The van der Waals surface area contributed by atoms with Crippen molar-refractivity contribution >= 4 is 28.7 Å². The summed E-state index contributed by atoms with van der Waals surface area (Å²) in [5.74, 6) is -0.197. The van der Waals surface area contributed by atoms with Gasteiger partial charge in [0, 0.05) is 28.9 Å². The number of amides is 1. The van der Waals surface area contributed by atoms with Crippen LogP contribution in [0, 0.1) is 0 Å². The highest BCUT2D eigenvalue weighted by Crippen LogP contribution is 2.22. The number of hydrazone groups is 1. The van der Waals surface area contributed by atoms with Crippen molar-refractivity contribution < 1.29 is 4.79 Å². The molecule has 4 rings (SSSR count). The van der Waals surface area contributed by atoms with Crippen molar-refractivity contribution in [2.24, 2.45) is 5.10 Å². The van der Waals surface area contributed by atoms with E-state index in [1.807, 2.05) is 54.7 Å². The lowest BCUT2D eigenvalue weighted by atomic mass is 10.0. The Hall–Kier alpha value is -3.21. The molecule has 3 heterocycles. The first-order valence-electron chi connectivity index (χ1n) is 6.90. The molecular formula is C17H12N4O. The number of carbonyl (C=O) groups excluding carboxylic acids is 1. The van der Waals surface area contributed by atoms with E-state index in [0.717, 1.165) is 22.2 Å². The van der Waals surface area contributed by atoms with Gasteiger partial charge in [-0.25, -0.2) is 10.4 Å². The van der Waals surface area contributed by atoms with E-state index in [9.17, 15) is 4.79 Å². The highest BCUT2D eigenvalue weighted by Gasteiger charge is 2.24. The number of carbonyl (C=O) groups is 1. The summed E-state index contributed by atoms with van der Waals surface area (Å²) >= 11 is 0. The molecule has 0 atom stereocenters. The summed E-state index contributed by atoms with van der Waals surface area (Å²) in [7, 11) is 0. The number of fused-ring (bicyclic) bond motifs is 1. The van der Waals surface area contributed by atoms with Gasteiger partial charge in [0.15, 0.2) is 0 Å². The van der Waals surface area contributed by atoms with Crippen LogP contribution < -0.4 is 5.43 Å². The first-order chi connectivity index (χ1) is 10.8. The second kappa shape index (κ2) is 4.96.